The highest BCUT2D eigenvalue weighted by atomic mass is 79.9. The van der Waals surface area contributed by atoms with Crippen LogP contribution in [0, 0.1) is 0 Å². The number of carbonyl (C=O) groups is 1. The molecule has 1 aliphatic carbocycles. The second kappa shape index (κ2) is 5.88. The van der Waals surface area contributed by atoms with Gasteiger partial charge in [0.25, 0.3) is 5.56 Å². The van der Waals surface area contributed by atoms with Crippen LogP contribution in [0.5, 0.6) is 0 Å². The SMILES string of the molecule is COC1CCC(n2cc(C(=O)O)cc(Br)c2=O)CC1. The van der Waals surface area contributed by atoms with E-state index in [1.165, 1.54) is 12.3 Å². The molecular formula is C13H16BrNO4. The van der Waals surface area contributed by atoms with E-state index in [4.69, 9.17) is 9.84 Å². The van der Waals surface area contributed by atoms with Crippen LogP contribution >= 0.6 is 15.9 Å². The molecule has 1 aromatic heterocycles. The predicted octanol–water partition coefficient (Wildman–Crippen LogP) is 2.44. The smallest absolute Gasteiger partial charge is 0.337 e. The van der Waals surface area contributed by atoms with E-state index in [0.717, 1.165) is 25.7 Å². The Morgan fingerprint density at radius 2 is 2.05 bits per heavy atom. The summed E-state index contributed by atoms with van der Waals surface area (Å²) in [6.07, 6.45) is 5.12. The van der Waals surface area contributed by atoms with Gasteiger partial charge in [-0.15, -0.1) is 0 Å². The summed E-state index contributed by atoms with van der Waals surface area (Å²) in [6, 6.07) is 1.40. The number of rotatable bonds is 3. The van der Waals surface area contributed by atoms with Crippen molar-refractivity contribution >= 4 is 21.9 Å². The lowest BCUT2D eigenvalue weighted by atomic mass is 9.92. The Hall–Kier alpha value is -1.14. The summed E-state index contributed by atoms with van der Waals surface area (Å²) >= 11 is 3.14. The summed E-state index contributed by atoms with van der Waals surface area (Å²) in [7, 11) is 1.69. The molecule has 2 rings (SSSR count). The molecule has 19 heavy (non-hydrogen) atoms. The highest BCUT2D eigenvalue weighted by Crippen LogP contribution is 2.29. The van der Waals surface area contributed by atoms with Crippen molar-refractivity contribution in [3.63, 3.8) is 0 Å². The maximum atomic E-state index is 12.1. The van der Waals surface area contributed by atoms with Gasteiger partial charge >= 0.3 is 5.97 Å². The highest BCUT2D eigenvalue weighted by Gasteiger charge is 2.24. The molecule has 0 amide bonds. The molecule has 1 N–H and O–H groups in total. The van der Waals surface area contributed by atoms with Crippen molar-refractivity contribution in [2.24, 2.45) is 0 Å². The van der Waals surface area contributed by atoms with Crippen LogP contribution in [-0.4, -0.2) is 28.9 Å². The number of methoxy groups -OCH3 is 1. The number of pyridine rings is 1. The Morgan fingerprint density at radius 3 is 2.58 bits per heavy atom. The Balaban J connectivity index is 2.29. The Morgan fingerprint density at radius 1 is 1.42 bits per heavy atom. The van der Waals surface area contributed by atoms with Gasteiger partial charge in [0, 0.05) is 19.3 Å². The number of hydrogen-bond donors (Lipinski definition) is 1. The summed E-state index contributed by atoms with van der Waals surface area (Å²) in [4.78, 5) is 23.1. The van der Waals surface area contributed by atoms with Crippen molar-refractivity contribution in [3.05, 3.63) is 32.7 Å². The average molecular weight is 330 g/mol. The first-order valence-electron chi connectivity index (χ1n) is 6.20. The summed E-state index contributed by atoms with van der Waals surface area (Å²) in [5.74, 6) is -1.03. The standard InChI is InChI=1S/C13H16BrNO4/c1-19-10-4-2-9(3-5-10)15-7-8(13(17)18)6-11(14)12(15)16/h6-7,9-10H,2-5H2,1H3,(H,17,18). The van der Waals surface area contributed by atoms with Crippen molar-refractivity contribution in [2.75, 3.05) is 7.11 Å². The minimum Gasteiger partial charge on any atom is -0.478 e. The maximum Gasteiger partial charge on any atom is 0.337 e. The summed E-state index contributed by atoms with van der Waals surface area (Å²) < 4.78 is 7.13. The van der Waals surface area contributed by atoms with Gasteiger partial charge in [0.05, 0.1) is 16.1 Å². The van der Waals surface area contributed by atoms with Crippen molar-refractivity contribution in [3.8, 4) is 0 Å². The van der Waals surface area contributed by atoms with Crippen LogP contribution in [0.4, 0.5) is 0 Å². The third kappa shape index (κ3) is 3.06. The third-order valence-electron chi connectivity index (χ3n) is 3.62. The molecule has 1 aliphatic rings. The number of aromatic nitrogens is 1. The van der Waals surface area contributed by atoms with Crippen LogP contribution < -0.4 is 5.56 Å². The van der Waals surface area contributed by atoms with Crippen LogP contribution in [0.3, 0.4) is 0 Å². The molecular weight excluding hydrogens is 314 g/mol. The highest BCUT2D eigenvalue weighted by molar-refractivity contribution is 9.10. The number of ether oxygens (including phenoxy) is 1. The fourth-order valence-electron chi connectivity index (χ4n) is 2.51. The first kappa shape index (κ1) is 14.3. The molecule has 0 spiro atoms. The van der Waals surface area contributed by atoms with E-state index < -0.39 is 5.97 Å². The van der Waals surface area contributed by atoms with Gasteiger partial charge in [-0.1, -0.05) is 0 Å². The lowest BCUT2D eigenvalue weighted by Crippen LogP contribution is -2.30. The van der Waals surface area contributed by atoms with Gasteiger partial charge in [-0.05, 0) is 47.7 Å². The largest absolute Gasteiger partial charge is 0.478 e. The van der Waals surface area contributed by atoms with E-state index in [9.17, 15) is 9.59 Å². The van der Waals surface area contributed by atoms with Crippen molar-refractivity contribution < 1.29 is 14.6 Å². The van der Waals surface area contributed by atoms with Gasteiger partial charge in [0.2, 0.25) is 0 Å². The van der Waals surface area contributed by atoms with E-state index in [1.54, 1.807) is 11.7 Å². The van der Waals surface area contributed by atoms with E-state index in [1.807, 2.05) is 0 Å². The summed E-state index contributed by atoms with van der Waals surface area (Å²) in [6.45, 7) is 0. The summed E-state index contributed by atoms with van der Waals surface area (Å²) in [5, 5.41) is 9.05. The Kier molecular flexibility index (Phi) is 4.42. The maximum absolute atomic E-state index is 12.1. The normalized spacial score (nSPS) is 23.3. The molecule has 0 radical (unpaired) electrons. The molecule has 104 valence electrons. The first-order valence-corrected chi connectivity index (χ1v) is 7.00. The lowest BCUT2D eigenvalue weighted by molar-refractivity contribution is 0.0576. The molecule has 6 heteroatoms. The van der Waals surface area contributed by atoms with Crippen LogP contribution in [0.25, 0.3) is 0 Å². The molecule has 0 aliphatic heterocycles. The molecule has 1 fully saturated rings. The third-order valence-corrected chi connectivity index (χ3v) is 4.18. The number of carboxylic acids is 1. The van der Waals surface area contributed by atoms with Gasteiger partial charge in [-0.25, -0.2) is 4.79 Å². The molecule has 0 saturated heterocycles. The van der Waals surface area contributed by atoms with E-state index in [0.29, 0.717) is 4.47 Å². The van der Waals surface area contributed by atoms with Crippen LogP contribution in [-0.2, 0) is 4.74 Å². The zero-order valence-electron chi connectivity index (χ0n) is 10.6. The molecule has 1 saturated carbocycles. The minimum atomic E-state index is -1.03. The predicted molar refractivity (Wildman–Crippen MR) is 73.7 cm³/mol. The van der Waals surface area contributed by atoms with Crippen molar-refractivity contribution in [1.29, 1.82) is 0 Å². The fraction of sp³-hybridized carbons (Fsp3) is 0.538. The van der Waals surface area contributed by atoms with E-state index in [-0.39, 0.29) is 23.3 Å². The number of aromatic carboxylic acids is 1. The number of nitrogens with zero attached hydrogens (tertiary/aromatic N) is 1. The van der Waals surface area contributed by atoms with Crippen LogP contribution in [0.2, 0.25) is 0 Å². The van der Waals surface area contributed by atoms with E-state index >= 15 is 0 Å². The van der Waals surface area contributed by atoms with Gasteiger partial charge < -0.3 is 14.4 Å². The summed E-state index contributed by atoms with van der Waals surface area (Å²) in [5.41, 5.74) is -0.0498. The zero-order chi connectivity index (χ0) is 14.0. The molecule has 0 bridgehead atoms. The number of halogens is 1. The first-order chi connectivity index (χ1) is 9.02. The molecule has 5 nitrogen and oxygen atoms in total. The minimum absolute atomic E-state index is 0.0505. The van der Waals surface area contributed by atoms with Gasteiger partial charge in [0.15, 0.2) is 0 Å². The molecule has 1 aromatic rings. The lowest BCUT2D eigenvalue weighted by Gasteiger charge is -2.29. The average Bonchev–Trinajstić information content (AvgIpc) is 2.41. The topological polar surface area (TPSA) is 68.5 Å². The molecule has 0 atom stereocenters. The van der Waals surface area contributed by atoms with Gasteiger partial charge in [-0.2, -0.15) is 0 Å². The van der Waals surface area contributed by atoms with Crippen molar-refractivity contribution in [2.45, 2.75) is 37.8 Å². The van der Waals surface area contributed by atoms with Crippen molar-refractivity contribution in [1.82, 2.24) is 4.57 Å². The molecule has 1 heterocycles. The second-order valence-electron chi connectivity index (χ2n) is 4.76. The van der Waals surface area contributed by atoms with Gasteiger partial charge in [-0.3, -0.25) is 4.79 Å². The number of carboxylic acid groups (broad SMARTS) is 1. The molecule has 0 aromatic carbocycles. The Bertz CT molecular complexity index is 532. The second-order valence-corrected chi connectivity index (χ2v) is 5.61. The van der Waals surface area contributed by atoms with Crippen LogP contribution in [0.15, 0.2) is 21.5 Å². The zero-order valence-corrected chi connectivity index (χ0v) is 12.2. The van der Waals surface area contributed by atoms with Crippen LogP contribution in [0.1, 0.15) is 42.1 Å². The number of hydrogen-bond acceptors (Lipinski definition) is 3. The molecule has 0 unspecified atom stereocenters. The van der Waals surface area contributed by atoms with Gasteiger partial charge in [0.1, 0.15) is 0 Å². The Labute approximate surface area is 119 Å². The monoisotopic (exact) mass is 329 g/mol. The fourth-order valence-corrected chi connectivity index (χ4v) is 2.97. The van der Waals surface area contributed by atoms with E-state index in [2.05, 4.69) is 15.9 Å². The quantitative estimate of drug-likeness (QED) is 0.924.